The Morgan fingerprint density at radius 2 is 1.79 bits per heavy atom. The zero-order valence-corrected chi connectivity index (χ0v) is 21.6. The molecule has 0 aromatic heterocycles. The number of aliphatic hydroxyl groups is 2. The van der Waals surface area contributed by atoms with Crippen LogP contribution in [-0.4, -0.2) is 115 Å². The fourth-order valence-electron chi connectivity index (χ4n) is 3.62. The number of aliphatic hydroxyl groups excluding tert-OH is 2. The Kier molecular flexibility index (Phi) is 10.6. The van der Waals surface area contributed by atoms with Crippen molar-refractivity contribution in [3.05, 3.63) is 28.3 Å². The van der Waals surface area contributed by atoms with Crippen LogP contribution in [0, 0.1) is 10.1 Å². The number of alkyl halides is 1. The number of piperazine rings is 1. The molecule has 1 fully saturated rings. The monoisotopic (exact) mass is 588 g/mol. The fourth-order valence-corrected chi connectivity index (χ4v) is 6.20. The van der Waals surface area contributed by atoms with Crippen LogP contribution in [0.2, 0.25) is 0 Å². The molecule has 194 valence electrons. The molecule has 0 aliphatic carbocycles. The highest BCUT2D eigenvalue weighted by Gasteiger charge is 2.33. The zero-order valence-electron chi connectivity index (χ0n) is 18.4. The maximum atomic E-state index is 13.5. The molecule has 0 amide bonds. The molecule has 1 aromatic rings. The number of anilines is 1. The first-order valence-corrected chi connectivity index (χ1v) is 14.6. The summed E-state index contributed by atoms with van der Waals surface area (Å²) in [6.45, 7) is 0.959. The lowest BCUT2D eigenvalue weighted by Crippen LogP contribution is -2.50. The molecule has 0 bridgehead atoms. The van der Waals surface area contributed by atoms with Gasteiger partial charge in [-0.15, -0.1) is 0 Å². The third-order valence-electron chi connectivity index (χ3n) is 5.31. The predicted molar refractivity (Wildman–Crippen MR) is 128 cm³/mol. The summed E-state index contributed by atoms with van der Waals surface area (Å²) in [5.41, 5.74) is -0.206. The number of β-amino-alcohol motifs (C(OH)–C–C–N with tert-alkyl or cyclic N) is 1. The molecule has 0 saturated carbocycles. The summed E-state index contributed by atoms with van der Waals surface area (Å²) in [6.07, 6.45) is -0.916. The average molecular weight is 589 g/mol. The first-order chi connectivity index (χ1) is 15.9. The Bertz CT molecular complexity index is 1050. The van der Waals surface area contributed by atoms with Gasteiger partial charge in [0.05, 0.1) is 29.1 Å². The quantitative estimate of drug-likeness (QED) is 0.119. The molecule has 16 heteroatoms. The van der Waals surface area contributed by atoms with Crippen LogP contribution in [-0.2, 0) is 20.1 Å². The van der Waals surface area contributed by atoms with Crippen molar-refractivity contribution in [3.63, 3.8) is 0 Å². The summed E-state index contributed by atoms with van der Waals surface area (Å²) < 4.78 is 59.5. The third-order valence-corrected chi connectivity index (χ3v) is 8.40. The van der Waals surface area contributed by atoms with Crippen LogP contribution < -0.4 is 4.90 Å². The fraction of sp³-hybridized carbons (Fsp3) is 0.667. The second kappa shape index (κ2) is 12.5. The van der Waals surface area contributed by atoms with Crippen molar-refractivity contribution in [2.45, 2.75) is 17.4 Å². The Morgan fingerprint density at radius 3 is 2.32 bits per heavy atom. The van der Waals surface area contributed by atoms with E-state index < -0.39 is 49.2 Å². The molecule has 2 rings (SSSR count). The van der Waals surface area contributed by atoms with Crippen molar-refractivity contribution in [1.82, 2.24) is 9.21 Å². The molecular weight excluding hydrogens is 560 g/mol. The highest BCUT2D eigenvalue weighted by atomic mass is 79.9. The van der Waals surface area contributed by atoms with Gasteiger partial charge in [0.15, 0.2) is 0 Å². The molecule has 1 aliphatic rings. The topological polar surface area (TPSA) is 182 Å². The molecule has 1 atom stereocenters. The summed E-state index contributed by atoms with van der Waals surface area (Å²) in [5.74, 6) is -0.511. The SMILES string of the molecule is O=[N+]([O-])c1ccc(N(CCBr)CCCS(=O)(=O)O)c(S(=O)(=O)N2CCN(CC(O)CO)CC2)c1. The molecule has 1 heterocycles. The standard InChI is InChI=1S/C18H29BrN4O9S2/c19-4-6-21(5-1-11-33(28,29)30)17-3-2-15(23(26)27)12-18(17)34(31,32)22-9-7-20(8-10-22)13-16(25)14-24/h2-3,12,16,24-25H,1,4-11,13-14H2,(H,28,29,30). The predicted octanol–water partition coefficient (Wildman–Crippen LogP) is -0.266. The van der Waals surface area contributed by atoms with E-state index in [4.69, 9.17) is 9.66 Å². The maximum absolute atomic E-state index is 13.5. The van der Waals surface area contributed by atoms with Crippen LogP contribution in [0.1, 0.15) is 6.42 Å². The van der Waals surface area contributed by atoms with Crippen molar-refractivity contribution in [2.75, 3.05) is 68.4 Å². The van der Waals surface area contributed by atoms with E-state index >= 15 is 0 Å². The number of non-ortho nitro benzene ring substituents is 1. The summed E-state index contributed by atoms with van der Waals surface area (Å²) in [4.78, 5) is 13.8. The van der Waals surface area contributed by atoms with E-state index in [0.717, 1.165) is 6.07 Å². The van der Waals surface area contributed by atoms with E-state index in [2.05, 4.69) is 15.9 Å². The average Bonchev–Trinajstić information content (AvgIpc) is 2.77. The molecule has 0 radical (unpaired) electrons. The number of nitro benzene ring substituents is 1. The second-order valence-corrected chi connectivity index (χ2v) is 12.0. The van der Waals surface area contributed by atoms with Crippen molar-refractivity contribution in [2.24, 2.45) is 0 Å². The van der Waals surface area contributed by atoms with Gasteiger partial charge in [-0.25, -0.2) is 8.42 Å². The van der Waals surface area contributed by atoms with Crippen LogP contribution >= 0.6 is 15.9 Å². The summed E-state index contributed by atoms with van der Waals surface area (Å²) >= 11 is 3.28. The molecule has 3 N–H and O–H groups in total. The number of benzene rings is 1. The van der Waals surface area contributed by atoms with E-state index in [9.17, 15) is 32.1 Å². The van der Waals surface area contributed by atoms with Gasteiger partial charge in [-0.1, -0.05) is 15.9 Å². The first kappa shape index (κ1) is 28.8. The highest BCUT2D eigenvalue weighted by Crippen LogP contribution is 2.32. The number of hydrogen-bond acceptors (Lipinski definition) is 10. The minimum Gasteiger partial charge on any atom is -0.394 e. The van der Waals surface area contributed by atoms with Gasteiger partial charge in [0.1, 0.15) is 4.90 Å². The molecule has 1 aliphatic heterocycles. The largest absolute Gasteiger partial charge is 0.394 e. The Balaban J connectivity index is 2.35. The lowest BCUT2D eigenvalue weighted by atomic mass is 10.2. The van der Waals surface area contributed by atoms with E-state index in [0.29, 0.717) is 25.0 Å². The molecule has 1 aromatic carbocycles. The Morgan fingerprint density at radius 1 is 1.15 bits per heavy atom. The smallest absolute Gasteiger partial charge is 0.270 e. The van der Waals surface area contributed by atoms with Gasteiger partial charge in [-0.05, 0) is 12.5 Å². The summed E-state index contributed by atoms with van der Waals surface area (Å²) in [6, 6.07) is 3.51. The molecule has 0 spiro atoms. The number of rotatable bonds is 13. The molecule has 1 saturated heterocycles. The van der Waals surface area contributed by atoms with Crippen LogP contribution in [0.5, 0.6) is 0 Å². The van der Waals surface area contributed by atoms with Crippen molar-refractivity contribution < 1.29 is 36.5 Å². The van der Waals surface area contributed by atoms with Gasteiger partial charge in [0, 0.05) is 63.3 Å². The van der Waals surface area contributed by atoms with Crippen molar-refractivity contribution in [1.29, 1.82) is 0 Å². The lowest BCUT2D eigenvalue weighted by molar-refractivity contribution is -0.385. The van der Waals surface area contributed by atoms with Gasteiger partial charge >= 0.3 is 0 Å². The summed E-state index contributed by atoms with van der Waals surface area (Å²) in [5, 5.41) is 30.4. The van der Waals surface area contributed by atoms with Gasteiger partial charge in [0.25, 0.3) is 15.8 Å². The van der Waals surface area contributed by atoms with E-state index in [-0.39, 0.29) is 43.2 Å². The highest BCUT2D eigenvalue weighted by molar-refractivity contribution is 9.09. The van der Waals surface area contributed by atoms with Gasteiger partial charge in [-0.2, -0.15) is 12.7 Å². The lowest BCUT2D eigenvalue weighted by Gasteiger charge is -2.35. The van der Waals surface area contributed by atoms with Gasteiger partial charge < -0.3 is 15.1 Å². The Labute approximate surface area is 207 Å². The number of sulfonamides is 1. The van der Waals surface area contributed by atoms with Crippen molar-refractivity contribution >= 4 is 47.4 Å². The second-order valence-electron chi connectivity index (χ2n) is 7.77. The molecular formula is C18H29BrN4O9S2. The maximum Gasteiger partial charge on any atom is 0.270 e. The minimum atomic E-state index is -4.20. The van der Waals surface area contributed by atoms with Gasteiger partial charge in [0.2, 0.25) is 10.0 Å². The van der Waals surface area contributed by atoms with Crippen LogP contribution in [0.15, 0.2) is 23.1 Å². The minimum absolute atomic E-state index is 0.0220. The third kappa shape index (κ3) is 8.08. The van der Waals surface area contributed by atoms with Crippen molar-refractivity contribution in [3.8, 4) is 0 Å². The number of nitro groups is 1. The van der Waals surface area contributed by atoms with Crippen LogP contribution in [0.4, 0.5) is 11.4 Å². The summed E-state index contributed by atoms with van der Waals surface area (Å²) in [7, 11) is -8.36. The van der Waals surface area contributed by atoms with Crippen LogP contribution in [0.3, 0.4) is 0 Å². The molecule has 34 heavy (non-hydrogen) atoms. The zero-order chi connectivity index (χ0) is 25.5. The molecule has 1 unspecified atom stereocenters. The van der Waals surface area contributed by atoms with E-state index in [1.165, 1.54) is 16.4 Å². The van der Waals surface area contributed by atoms with Gasteiger partial charge in [-0.3, -0.25) is 19.6 Å². The first-order valence-electron chi connectivity index (χ1n) is 10.4. The van der Waals surface area contributed by atoms with Crippen LogP contribution in [0.25, 0.3) is 0 Å². The normalized spacial score (nSPS) is 16.9. The van der Waals surface area contributed by atoms with E-state index in [1.807, 2.05) is 4.90 Å². The number of nitrogens with zero attached hydrogens (tertiary/aromatic N) is 4. The molecule has 13 nitrogen and oxygen atoms in total. The number of halogens is 1. The number of hydrogen-bond donors (Lipinski definition) is 3. The Hall–Kier alpha value is -1.40. The van der Waals surface area contributed by atoms with E-state index in [1.54, 1.807) is 4.90 Å².